The number of aromatic carboxylic acids is 3. The van der Waals surface area contributed by atoms with Crippen molar-refractivity contribution in [3.8, 4) is 0 Å². The molecule has 3 rings (SSSR count). The van der Waals surface area contributed by atoms with E-state index in [0.29, 0.717) is 0 Å². The summed E-state index contributed by atoms with van der Waals surface area (Å²) in [5.41, 5.74) is -4.13. The van der Waals surface area contributed by atoms with Gasteiger partial charge in [0.2, 0.25) is 0 Å². The second kappa shape index (κ2) is 7.44. The Bertz CT molecular complexity index is 991. The van der Waals surface area contributed by atoms with Crippen LogP contribution in [0.25, 0.3) is 0 Å². The molecule has 0 fully saturated rings. The van der Waals surface area contributed by atoms with Crippen molar-refractivity contribution in [1.82, 2.24) is 15.0 Å². The van der Waals surface area contributed by atoms with E-state index in [4.69, 9.17) is 0 Å². The standard InChI is InChI=1S/C19H13N3O7/c23-16(24)10-4-1-7-13(20-10)19(29,14-8-2-5-11(21-14)17(25)26)15-9-3-6-12(22-15)18(27)28/h1-9,29H,(H,23,24)(H,25,26)(H,27,28). The predicted octanol–water partition coefficient (Wildman–Crippen LogP) is 1.25. The van der Waals surface area contributed by atoms with Crippen LogP contribution in [0.1, 0.15) is 48.5 Å². The van der Waals surface area contributed by atoms with Gasteiger partial charge in [-0.2, -0.15) is 0 Å². The molecule has 0 saturated heterocycles. The average molecular weight is 395 g/mol. The molecule has 3 aromatic heterocycles. The van der Waals surface area contributed by atoms with Crippen LogP contribution < -0.4 is 0 Å². The first-order valence-electron chi connectivity index (χ1n) is 8.08. The maximum atomic E-state index is 11.6. The number of nitrogens with zero attached hydrogens (tertiary/aromatic N) is 3. The largest absolute Gasteiger partial charge is 0.477 e. The summed E-state index contributed by atoms with van der Waals surface area (Å²) < 4.78 is 0. The Labute approximate surface area is 162 Å². The van der Waals surface area contributed by atoms with Crippen LogP contribution in [0.3, 0.4) is 0 Å². The molecule has 0 saturated carbocycles. The lowest BCUT2D eigenvalue weighted by Crippen LogP contribution is -2.33. The molecule has 3 heterocycles. The molecule has 0 aromatic carbocycles. The first-order valence-corrected chi connectivity index (χ1v) is 8.08. The maximum absolute atomic E-state index is 11.6. The SMILES string of the molecule is O=C(O)c1cccc(C(O)(c2cccc(C(=O)O)n2)c2cccc(C(=O)O)n2)n1. The summed E-state index contributed by atoms with van der Waals surface area (Å²) in [5, 5.41) is 39.2. The van der Waals surface area contributed by atoms with Gasteiger partial charge in [-0.1, -0.05) is 18.2 Å². The lowest BCUT2D eigenvalue weighted by molar-refractivity contribution is 0.0680. The molecule has 146 valence electrons. The van der Waals surface area contributed by atoms with E-state index in [2.05, 4.69) is 15.0 Å². The van der Waals surface area contributed by atoms with Gasteiger partial charge >= 0.3 is 17.9 Å². The zero-order chi connectivity index (χ0) is 21.2. The van der Waals surface area contributed by atoms with Gasteiger partial charge in [0.1, 0.15) is 17.1 Å². The molecule has 0 aliphatic carbocycles. The molecular formula is C19H13N3O7. The summed E-state index contributed by atoms with van der Waals surface area (Å²) in [6, 6.07) is 11.5. The Morgan fingerprint density at radius 1 is 0.586 bits per heavy atom. The molecule has 10 nitrogen and oxygen atoms in total. The number of rotatable bonds is 6. The van der Waals surface area contributed by atoms with Crippen LogP contribution in [0.4, 0.5) is 0 Å². The minimum atomic E-state index is -2.32. The van der Waals surface area contributed by atoms with Crippen molar-refractivity contribution in [3.05, 3.63) is 88.8 Å². The summed E-state index contributed by atoms with van der Waals surface area (Å²) in [6.07, 6.45) is 0. The molecule has 0 aliphatic rings. The van der Waals surface area contributed by atoms with Crippen molar-refractivity contribution < 1.29 is 34.8 Å². The number of aliphatic hydroxyl groups is 1. The average Bonchev–Trinajstić information content (AvgIpc) is 2.73. The zero-order valence-corrected chi connectivity index (χ0v) is 14.6. The van der Waals surface area contributed by atoms with Crippen LogP contribution in [0, 0.1) is 0 Å². The predicted molar refractivity (Wildman–Crippen MR) is 95.7 cm³/mol. The van der Waals surface area contributed by atoms with Gasteiger partial charge in [-0.05, 0) is 36.4 Å². The highest BCUT2D eigenvalue weighted by Gasteiger charge is 2.39. The van der Waals surface area contributed by atoms with Crippen LogP contribution >= 0.6 is 0 Å². The Kier molecular flexibility index (Phi) is 5.03. The van der Waals surface area contributed by atoms with Crippen LogP contribution in [-0.2, 0) is 5.60 Å². The van der Waals surface area contributed by atoms with Gasteiger partial charge in [-0.25, -0.2) is 29.3 Å². The van der Waals surface area contributed by atoms with Crippen molar-refractivity contribution in [2.24, 2.45) is 0 Å². The normalized spacial score (nSPS) is 11.1. The second-order valence-electron chi connectivity index (χ2n) is 5.85. The molecule has 29 heavy (non-hydrogen) atoms. The zero-order valence-electron chi connectivity index (χ0n) is 14.6. The van der Waals surface area contributed by atoms with E-state index in [1.54, 1.807) is 0 Å². The van der Waals surface area contributed by atoms with E-state index >= 15 is 0 Å². The lowest BCUT2D eigenvalue weighted by Gasteiger charge is -2.27. The van der Waals surface area contributed by atoms with Gasteiger partial charge in [0.05, 0.1) is 17.1 Å². The molecule has 0 atom stereocenters. The van der Waals surface area contributed by atoms with E-state index < -0.39 is 23.5 Å². The van der Waals surface area contributed by atoms with Crippen LogP contribution in [-0.4, -0.2) is 53.3 Å². The Hall–Kier alpha value is -4.18. The van der Waals surface area contributed by atoms with Crippen LogP contribution in [0.5, 0.6) is 0 Å². The van der Waals surface area contributed by atoms with E-state index in [1.165, 1.54) is 54.6 Å². The molecule has 10 heteroatoms. The van der Waals surface area contributed by atoms with Gasteiger partial charge in [0.15, 0.2) is 5.60 Å². The third-order valence-corrected chi connectivity index (χ3v) is 4.02. The summed E-state index contributed by atoms with van der Waals surface area (Å²) in [5.74, 6) is -4.06. The number of carboxylic acid groups (broad SMARTS) is 3. The number of pyridine rings is 3. The van der Waals surface area contributed by atoms with Crippen LogP contribution in [0.15, 0.2) is 54.6 Å². The molecule has 0 aliphatic heterocycles. The highest BCUT2D eigenvalue weighted by molar-refractivity contribution is 5.86. The fourth-order valence-electron chi connectivity index (χ4n) is 2.66. The Morgan fingerprint density at radius 3 is 1.10 bits per heavy atom. The summed E-state index contributed by atoms with van der Waals surface area (Å²) in [6.45, 7) is 0. The van der Waals surface area contributed by atoms with Gasteiger partial charge < -0.3 is 20.4 Å². The molecule has 0 spiro atoms. The van der Waals surface area contributed by atoms with Crippen molar-refractivity contribution in [2.45, 2.75) is 5.60 Å². The molecule has 0 amide bonds. The van der Waals surface area contributed by atoms with E-state index in [1.807, 2.05) is 0 Å². The quantitative estimate of drug-likeness (QED) is 0.476. The maximum Gasteiger partial charge on any atom is 0.354 e. The summed E-state index contributed by atoms with van der Waals surface area (Å²) >= 11 is 0. The fourth-order valence-corrected chi connectivity index (χ4v) is 2.66. The smallest absolute Gasteiger partial charge is 0.354 e. The highest BCUT2D eigenvalue weighted by Crippen LogP contribution is 2.34. The monoisotopic (exact) mass is 395 g/mol. The van der Waals surface area contributed by atoms with Gasteiger partial charge in [-0.3, -0.25) is 0 Å². The number of hydrogen-bond donors (Lipinski definition) is 4. The van der Waals surface area contributed by atoms with Crippen LogP contribution in [0.2, 0.25) is 0 Å². The third kappa shape index (κ3) is 3.64. The number of carboxylic acids is 3. The summed E-state index contributed by atoms with van der Waals surface area (Å²) in [7, 11) is 0. The molecule has 0 unspecified atom stereocenters. The first-order chi connectivity index (χ1) is 13.7. The molecular weight excluding hydrogens is 382 g/mol. The fraction of sp³-hybridized carbons (Fsp3) is 0.0526. The number of aromatic nitrogens is 3. The Morgan fingerprint density at radius 2 is 0.862 bits per heavy atom. The van der Waals surface area contributed by atoms with E-state index in [-0.39, 0.29) is 34.2 Å². The Balaban J connectivity index is 2.32. The minimum absolute atomic E-state index is 0.220. The highest BCUT2D eigenvalue weighted by atomic mass is 16.4. The van der Waals surface area contributed by atoms with Crippen molar-refractivity contribution in [2.75, 3.05) is 0 Å². The number of carbonyl (C=O) groups is 3. The lowest BCUT2D eigenvalue weighted by atomic mass is 9.89. The molecule has 4 N–H and O–H groups in total. The van der Waals surface area contributed by atoms with Crippen molar-refractivity contribution in [1.29, 1.82) is 0 Å². The van der Waals surface area contributed by atoms with Gasteiger partial charge in [0, 0.05) is 0 Å². The van der Waals surface area contributed by atoms with Crippen molar-refractivity contribution >= 4 is 17.9 Å². The second-order valence-corrected chi connectivity index (χ2v) is 5.85. The van der Waals surface area contributed by atoms with E-state index in [9.17, 15) is 34.8 Å². The first kappa shape index (κ1) is 19.6. The summed E-state index contributed by atoms with van der Waals surface area (Å²) in [4.78, 5) is 45.7. The third-order valence-electron chi connectivity index (χ3n) is 4.02. The molecule has 3 aromatic rings. The minimum Gasteiger partial charge on any atom is -0.477 e. The number of hydrogen-bond acceptors (Lipinski definition) is 7. The van der Waals surface area contributed by atoms with Crippen molar-refractivity contribution in [3.63, 3.8) is 0 Å². The van der Waals surface area contributed by atoms with Gasteiger partial charge in [0.25, 0.3) is 0 Å². The van der Waals surface area contributed by atoms with Gasteiger partial charge in [-0.15, -0.1) is 0 Å². The molecule has 0 bridgehead atoms. The van der Waals surface area contributed by atoms with E-state index in [0.717, 1.165) is 0 Å². The molecule has 0 radical (unpaired) electrons. The topological polar surface area (TPSA) is 171 Å².